The number of anilines is 2. The first kappa shape index (κ1) is 28.6. The number of piperidine rings is 1. The summed E-state index contributed by atoms with van der Waals surface area (Å²) >= 11 is 0. The number of rotatable bonds is 8. The number of nitrogens with zero attached hydrogens (tertiary/aromatic N) is 4. The van der Waals surface area contributed by atoms with Crippen molar-refractivity contribution in [1.29, 1.82) is 0 Å². The number of nitrogens with one attached hydrogen (secondary N) is 2. The van der Waals surface area contributed by atoms with Gasteiger partial charge in [0, 0.05) is 51.0 Å². The van der Waals surface area contributed by atoms with Crippen LogP contribution in [0.1, 0.15) is 25.3 Å². The average molecular weight is 595 g/mol. The Morgan fingerprint density at radius 3 is 2.56 bits per heavy atom. The molecule has 2 aromatic carbocycles. The molecule has 2 atom stereocenters. The van der Waals surface area contributed by atoms with E-state index >= 15 is 0 Å². The maximum Gasteiger partial charge on any atom is 0.261 e. The average Bonchev–Trinajstić information content (AvgIpc) is 3.03. The maximum atomic E-state index is 13.7. The van der Waals surface area contributed by atoms with Crippen molar-refractivity contribution in [1.82, 2.24) is 24.8 Å². The molecule has 2 unspecified atom stereocenters. The fraction of sp³-hybridized carbons (Fsp3) is 0.242. The molecule has 0 aliphatic carbocycles. The van der Waals surface area contributed by atoms with Gasteiger partial charge in [-0.15, -0.1) is 0 Å². The van der Waals surface area contributed by atoms with Crippen molar-refractivity contribution in [2.24, 2.45) is 0 Å². The van der Waals surface area contributed by atoms with Crippen LogP contribution in [-0.4, -0.2) is 48.8 Å². The lowest BCUT2D eigenvalue weighted by atomic mass is 10.1. The zero-order chi connectivity index (χ0) is 30.0. The van der Waals surface area contributed by atoms with Crippen molar-refractivity contribution in [2.45, 2.75) is 49.1 Å². The van der Waals surface area contributed by atoms with Gasteiger partial charge in [0.1, 0.15) is 17.5 Å². The van der Waals surface area contributed by atoms with Crippen LogP contribution in [0.25, 0.3) is 22.3 Å². The van der Waals surface area contributed by atoms with Crippen LogP contribution >= 0.6 is 0 Å². The first-order chi connectivity index (χ1) is 20.8. The smallest absolute Gasteiger partial charge is 0.261 e. The number of fused-ring (bicyclic) bond motifs is 1. The van der Waals surface area contributed by atoms with Crippen LogP contribution in [0, 0.1) is 6.92 Å². The predicted octanol–water partition coefficient (Wildman–Crippen LogP) is 5.19. The Balaban J connectivity index is 1.27. The molecule has 4 heterocycles. The Hall–Kier alpha value is -4.54. The van der Waals surface area contributed by atoms with Crippen molar-refractivity contribution in [3.05, 3.63) is 95.0 Å². The van der Waals surface area contributed by atoms with Gasteiger partial charge in [-0.25, -0.2) is 4.98 Å². The summed E-state index contributed by atoms with van der Waals surface area (Å²) in [6.45, 7) is 6.08. The number of benzene rings is 2. The van der Waals surface area contributed by atoms with Crippen LogP contribution in [0.15, 0.2) is 93.7 Å². The lowest BCUT2D eigenvalue weighted by molar-refractivity contribution is 0.167. The SMILES string of the molecule is C=S(=O)(c1ccccc1)c1cnc(-c2cc3cnc(Nc4ccc(OC5CCCNC5)cc4)nc3n(CC)c2=O)c(C)c1. The van der Waals surface area contributed by atoms with Crippen molar-refractivity contribution < 1.29 is 8.95 Å². The molecular formula is C33H34N6O3S. The zero-order valence-electron chi connectivity index (χ0n) is 24.2. The highest BCUT2D eigenvalue weighted by Crippen LogP contribution is 2.27. The second-order valence-electron chi connectivity index (χ2n) is 10.6. The van der Waals surface area contributed by atoms with E-state index < -0.39 is 9.52 Å². The molecule has 1 saturated heterocycles. The first-order valence-electron chi connectivity index (χ1n) is 14.4. The minimum atomic E-state index is -2.74. The fourth-order valence-electron chi connectivity index (χ4n) is 5.33. The summed E-state index contributed by atoms with van der Waals surface area (Å²) in [4.78, 5) is 28.6. The van der Waals surface area contributed by atoms with E-state index in [0.717, 1.165) is 42.9 Å². The summed E-state index contributed by atoms with van der Waals surface area (Å²) < 4.78 is 21.2. The Morgan fingerprint density at radius 2 is 1.86 bits per heavy atom. The molecule has 1 fully saturated rings. The largest absolute Gasteiger partial charge is 0.489 e. The standard InChI is InChI=1S/C33H34N6O3S/c1-4-39-31-23(19-36-33(38-31)37-24-12-14-25(15-13-24)42-26-9-8-16-34-20-26)18-29(32(39)40)30-22(2)17-28(21-35-30)43(3,41)27-10-6-5-7-11-27/h5-7,10-15,17-19,21,26,34H,3-4,8-9,16,20H2,1-2H3,(H,36,37,38). The van der Waals surface area contributed by atoms with Gasteiger partial charge < -0.3 is 15.4 Å². The number of aromatic nitrogens is 4. The minimum absolute atomic E-state index is 0.184. The molecule has 9 nitrogen and oxygen atoms in total. The molecule has 1 aliphatic rings. The molecule has 0 radical (unpaired) electrons. The van der Waals surface area contributed by atoms with Crippen LogP contribution in [0.3, 0.4) is 0 Å². The second-order valence-corrected chi connectivity index (χ2v) is 12.9. The number of hydrogen-bond donors (Lipinski definition) is 2. The Morgan fingerprint density at radius 1 is 1.07 bits per heavy atom. The van der Waals surface area contributed by atoms with E-state index in [9.17, 15) is 9.00 Å². The summed E-state index contributed by atoms with van der Waals surface area (Å²) in [6, 6.07) is 20.4. The molecule has 2 N–H and O–H groups in total. The zero-order valence-corrected chi connectivity index (χ0v) is 25.1. The van der Waals surface area contributed by atoms with Gasteiger partial charge in [-0.3, -0.25) is 18.6 Å². The molecule has 220 valence electrons. The van der Waals surface area contributed by atoms with Crippen LogP contribution < -0.4 is 20.9 Å². The van der Waals surface area contributed by atoms with Gasteiger partial charge in [0.05, 0.1) is 16.2 Å². The molecule has 43 heavy (non-hydrogen) atoms. The monoisotopic (exact) mass is 594 g/mol. The summed E-state index contributed by atoms with van der Waals surface area (Å²) in [5.74, 6) is 5.20. The Labute approximate surface area is 251 Å². The third kappa shape index (κ3) is 5.89. The van der Waals surface area contributed by atoms with E-state index in [1.165, 1.54) is 0 Å². The van der Waals surface area contributed by atoms with Gasteiger partial charge in [0.15, 0.2) is 0 Å². The van der Waals surface area contributed by atoms with E-state index in [1.807, 2.05) is 56.3 Å². The third-order valence-electron chi connectivity index (χ3n) is 7.62. The van der Waals surface area contributed by atoms with Crippen molar-refractivity contribution in [3.63, 3.8) is 0 Å². The molecule has 5 aromatic rings. The molecule has 1 aliphatic heterocycles. The molecule has 0 spiro atoms. The molecule has 3 aromatic heterocycles. The maximum absolute atomic E-state index is 13.7. The summed E-state index contributed by atoms with van der Waals surface area (Å²) in [5.41, 5.74) is 2.82. The molecular weight excluding hydrogens is 560 g/mol. The fourth-order valence-corrected chi connectivity index (χ4v) is 6.79. The van der Waals surface area contributed by atoms with Gasteiger partial charge in [-0.2, -0.15) is 4.98 Å². The van der Waals surface area contributed by atoms with E-state index in [-0.39, 0.29) is 11.7 Å². The predicted molar refractivity (Wildman–Crippen MR) is 172 cm³/mol. The minimum Gasteiger partial charge on any atom is -0.489 e. The lowest BCUT2D eigenvalue weighted by Gasteiger charge is -2.24. The van der Waals surface area contributed by atoms with Gasteiger partial charge in [-0.1, -0.05) is 18.2 Å². The van der Waals surface area contributed by atoms with E-state index in [1.54, 1.807) is 41.2 Å². The van der Waals surface area contributed by atoms with Gasteiger partial charge in [0.25, 0.3) is 5.56 Å². The van der Waals surface area contributed by atoms with E-state index in [2.05, 4.69) is 31.5 Å². The van der Waals surface area contributed by atoms with Crippen LogP contribution in [0.4, 0.5) is 11.6 Å². The first-order valence-corrected chi connectivity index (χ1v) is 16.1. The Bertz CT molecular complexity index is 1930. The van der Waals surface area contributed by atoms with Crippen molar-refractivity contribution in [2.75, 3.05) is 18.4 Å². The van der Waals surface area contributed by atoms with Gasteiger partial charge in [-0.05, 0) is 93.2 Å². The highest BCUT2D eigenvalue weighted by atomic mass is 32.2. The van der Waals surface area contributed by atoms with Crippen LogP contribution in [0.2, 0.25) is 0 Å². The lowest BCUT2D eigenvalue weighted by Crippen LogP contribution is -2.37. The topological polar surface area (TPSA) is 111 Å². The van der Waals surface area contributed by atoms with Crippen LogP contribution in [-0.2, 0) is 16.1 Å². The highest BCUT2D eigenvalue weighted by Gasteiger charge is 2.19. The van der Waals surface area contributed by atoms with E-state index in [4.69, 9.17) is 4.74 Å². The van der Waals surface area contributed by atoms with Gasteiger partial charge in [0.2, 0.25) is 5.95 Å². The number of aryl methyl sites for hydroxylation is 2. The summed E-state index contributed by atoms with van der Waals surface area (Å²) in [5, 5.41) is 7.31. The molecule has 0 bridgehead atoms. The van der Waals surface area contributed by atoms with Gasteiger partial charge >= 0.3 is 0 Å². The van der Waals surface area contributed by atoms with Crippen molar-refractivity contribution in [3.8, 4) is 17.0 Å². The van der Waals surface area contributed by atoms with Crippen LogP contribution in [0.5, 0.6) is 5.75 Å². The summed E-state index contributed by atoms with van der Waals surface area (Å²) in [6.07, 6.45) is 5.60. The van der Waals surface area contributed by atoms with E-state index in [0.29, 0.717) is 44.6 Å². The second kappa shape index (κ2) is 12.0. The normalized spacial score (nSPS) is 16.5. The quantitative estimate of drug-likeness (QED) is 0.236. The molecule has 6 rings (SSSR count). The summed E-state index contributed by atoms with van der Waals surface area (Å²) in [7, 11) is -2.74. The highest BCUT2D eigenvalue weighted by molar-refractivity contribution is 8.00. The third-order valence-corrected chi connectivity index (χ3v) is 9.64. The molecule has 0 saturated carbocycles. The van der Waals surface area contributed by atoms with Crippen molar-refractivity contribution >= 4 is 38.1 Å². The Kier molecular flexibility index (Phi) is 7.96. The number of hydrogen-bond acceptors (Lipinski definition) is 8. The molecule has 0 amide bonds. The molecule has 10 heteroatoms. The number of pyridine rings is 2. The number of ether oxygens (including phenoxy) is 1.